The SMILES string of the molecule is Cc1ccc([C@@H](O)CNC(=O)c2ccc[nH]c2=O)cc1. The van der Waals surface area contributed by atoms with Crippen molar-refractivity contribution in [2.24, 2.45) is 0 Å². The second-order valence-electron chi connectivity index (χ2n) is 4.55. The highest BCUT2D eigenvalue weighted by atomic mass is 16.3. The van der Waals surface area contributed by atoms with Gasteiger partial charge >= 0.3 is 0 Å². The molecule has 5 nitrogen and oxygen atoms in total. The molecule has 0 bridgehead atoms. The maximum absolute atomic E-state index is 11.8. The zero-order valence-electron chi connectivity index (χ0n) is 11.1. The van der Waals surface area contributed by atoms with Gasteiger partial charge in [0.2, 0.25) is 0 Å². The Morgan fingerprint density at radius 3 is 2.65 bits per heavy atom. The van der Waals surface area contributed by atoms with Gasteiger partial charge in [-0.1, -0.05) is 29.8 Å². The van der Waals surface area contributed by atoms with Crippen molar-refractivity contribution in [1.82, 2.24) is 10.3 Å². The van der Waals surface area contributed by atoms with E-state index in [1.165, 1.54) is 12.3 Å². The molecular formula is C15H16N2O3. The van der Waals surface area contributed by atoms with Crippen LogP contribution >= 0.6 is 0 Å². The number of carbonyl (C=O) groups is 1. The third kappa shape index (κ3) is 3.33. The number of aryl methyl sites for hydroxylation is 1. The number of aliphatic hydroxyl groups excluding tert-OH is 1. The lowest BCUT2D eigenvalue weighted by Gasteiger charge is -2.12. The van der Waals surface area contributed by atoms with Gasteiger partial charge in [-0.3, -0.25) is 9.59 Å². The molecule has 2 rings (SSSR count). The number of aliphatic hydroxyl groups is 1. The molecule has 0 aliphatic heterocycles. The van der Waals surface area contributed by atoms with Crippen molar-refractivity contribution < 1.29 is 9.90 Å². The van der Waals surface area contributed by atoms with E-state index in [9.17, 15) is 14.7 Å². The topological polar surface area (TPSA) is 82.2 Å². The highest BCUT2D eigenvalue weighted by molar-refractivity contribution is 5.93. The Labute approximate surface area is 116 Å². The second kappa shape index (κ2) is 6.16. The number of nitrogens with one attached hydrogen (secondary N) is 2. The number of benzene rings is 1. The van der Waals surface area contributed by atoms with Gasteiger partial charge in [0, 0.05) is 12.7 Å². The summed E-state index contributed by atoms with van der Waals surface area (Å²) in [6.07, 6.45) is 0.655. The number of hydrogen-bond donors (Lipinski definition) is 3. The molecule has 5 heteroatoms. The minimum Gasteiger partial charge on any atom is -0.387 e. The van der Waals surface area contributed by atoms with Crippen molar-refractivity contribution in [2.45, 2.75) is 13.0 Å². The molecular weight excluding hydrogens is 256 g/mol. The molecule has 20 heavy (non-hydrogen) atoms. The molecule has 0 unspecified atom stereocenters. The van der Waals surface area contributed by atoms with Crippen LogP contribution in [0.15, 0.2) is 47.4 Å². The number of rotatable bonds is 4. The summed E-state index contributed by atoms with van der Waals surface area (Å²) in [6, 6.07) is 10.4. The van der Waals surface area contributed by atoms with E-state index in [1.807, 2.05) is 31.2 Å². The van der Waals surface area contributed by atoms with Crippen LogP contribution in [0.5, 0.6) is 0 Å². The maximum Gasteiger partial charge on any atom is 0.260 e. The van der Waals surface area contributed by atoms with Gasteiger partial charge in [0.1, 0.15) is 5.56 Å². The molecule has 1 aromatic heterocycles. The Balaban J connectivity index is 1.98. The van der Waals surface area contributed by atoms with Gasteiger partial charge in [-0.2, -0.15) is 0 Å². The zero-order chi connectivity index (χ0) is 14.5. The van der Waals surface area contributed by atoms with Crippen molar-refractivity contribution >= 4 is 5.91 Å². The highest BCUT2D eigenvalue weighted by Crippen LogP contribution is 2.12. The van der Waals surface area contributed by atoms with Gasteiger partial charge in [-0.05, 0) is 24.6 Å². The predicted octanol–water partition coefficient (Wildman–Crippen LogP) is 1.15. The number of aromatic amines is 1. The molecule has 0 radical (unpaired) electrons. The van der Waals surface area contributed by atoms with E-state index in [0.717, 1.165) is 11.1 Å². The quantitative estimate of drug-likeness (QED) is 0.780. The minimum absolute atomic E-state index is 0.0311. The molecule has 0 aliphatic carbocycles. The van der Waals surface area contributed by atoms with Gasteiger partial charge in [-0.15, -0.1) is 0 Å². The number of carbonyl (C=O) groups excluding carboxylic acids is 1. The molecule has 1 atom stereocenters. The van der Waals surface area contributed by atoms with Gasteiger partial charge in [0.05, 0.1) is 6.10 Å². The van der Waals surface area contributed by atoms with Gasteiger partial charge < -0.3 is 15.4 Å². The average Bonchev–Trinajstić information content (AvgIpc) is 2.45. The van der Waals surface area contributed by atoms with Crippen LogP contribution in [-0.2, 0) is 0 Å². The van der Waals surface area contributed by atoms with Crippen LogP contribution in [0.4, 0.5) is 0 Å². The van der Waals surface area contributed by atoms with E-state index in [1.54, 1.807) is 6.07 Å². The molecule has 0 saturated heterocycles. The summed E-state index contributed by atoms with van der Waals surface area (Å²) in [5.74, 6) is -0.502. The number of amides is 1. The first kappa shape index (κ1) is 14.0. The molecule has 104 valence electrons. The highest BCUT2D eigenvalue weighted by Gasteiger charge is 2.12. The standard InChI is InChI=1S/C15H16N2O3/c1-10-4-6-11(7-5-10)13(18)9-17-15(20)12-3-2-8-16-14(12)19/h2-8,13,18H,9H2,1H3,(H,16,19)(H,17,20)/t13-/m0/s1. The fraction of sp³-hybridized carbons (Fsp3) is 0.200. The van der Waals surface area contributed by atoms with E-state index < -0.39 is 17.6 Å². The van der Waals surface area contributed by atoms with E-state index >= 15 is 0 Å². The van der Waals surface area contributed by atoms with E-state index in [4.69, 9.17) is 0 Å². The summed E-state index contributed by atoms with van der Waals surface area (Å²) in [6.45, 7) is 2.01. The monoisotopic (exact) mass is 272 g/mol. The maximum atomic E-state index is 11.8. The van der Waals surface area contributed by atoms with E-state index in [2.05, 4.69) is 10.3 Å². The summed E-state index contributed by atoms with van der Waals surface area (Å²) in [7, 11) is 0. The van der Waals surface area contributed by atoms with Crippen LogP contribution in [0.3, 0.4) is 0 Å². The molecule has 2 aromatic rings. The summed E-state index contributed by atoms with van der Waals surface area (Å²) >= 11 is 0. The summed E-state index contributed by atoms with van der Waals surface area (Å²) in [5, 5.41) is 12.5. The van der Waals surface area contributed by atoms with Gasteiger partial charge in [0.15, 0.2) is 0 Å². The minimum atomic E-state index is -0.803. The Bertz CT molecular complexity index is 647. The van der Waals surface area contributed by atoms with Crippen molar-refractivity contribution in [3.05, 3.63) is 69.6 Å². The van der Waals surface area contributed by atoms with Crippen molar-refractivity contribution in [3.8, 4) is 0 Å². The van der Waals surface area contributed by atoms with Gasteiger partial charge in [0.25, 0.3) is 11.5 Å². The first-order valence-electron chi connectivity index (χ1n) is 6.28. The lowest BCUT2D eigenvalue weighted by Crippen LogP contribution is -2.32. The Kier molecular flexibility index (Phi) is 4.32. The van der Waals surface area contributed by atoms with Gasteiger partial charge in [-0.25, -0.2) is 0 Å². The fourth-order valence-electron chi connectivity index (χ4n) is 1.79. The number of H-pyrrole nitrogens is 1. The number of pyridine rings is 1. The Morgan fingerprint density at radius 2 is 2.00 bits per heavy atom. The summed E-state index contributed by atoms with van der Waals surface area (Å²) in [5.41, 5.74) is 1.40. The normalized spacial score (nSPS) is 11.9. The van der Waals surface area contributed by atoms with Crippen LogP contribution in [-0.4, -0.2) is 22.5 Å². The predicted molar refractivity (Wildman–Crippen MR) is 75.5 cm³/mol. The van der Waals surface area contributed by atoms with E-state index in [0.29, 0.717) is 0 Å². The number of hydrogen-bond acceptors (Lipinski definition) is 3. The smallest absolute Gasteiger partial charge is 0.260 e. The molecule has 0 fully saturated rings. The summed E-state index contributed by atoms with van der Waals surface area (Å²) in [4.78, 5) is 25.7. The molecule has 0 spiro atoms. The van der Waals surface area contributed by atoms with Crippen LogP contribution in [0.1, 0.15) is 27.6 Å². The summed E-state index contributed by atoms with van der Waals surface area (Å²) < 4.78 is 0. The molecule has 1 heterocycles. The van der Waals surface area contributed by atoms with Crippen molar-refractivity contribution in [2.75, 3.05) is 6.54 Å². The lowest BCUT2D eigenvalue weighted by atomic mass is 10.1. The Hall–Kier alpha value is -2.40. The zero-order valence-corrected chi connectivity index (χ0v) is 11.1. The largest absolute Gasteiger partial charge is 0.387 e. The molecule has 3 N–H and O–H groups in total. The number of aromatic nitrogens is 1. The third-order valence-electron chi connectivity index (χ3n) is 2.98. The molecule has 1 amide bonds. The first-order chi connectivity index (χ1) is 9.58. The van der Waals surface area contributed by atoms with Crippen molar-refractivity contribution in [1.29, 1.82) is 0 Å². The molecule has 0 aliphatic rings. The first-order valence-corrected chi connectivity index (χ1v) is 6.28. The molecule has 0 saturated carbocycles. The second-order valence-corrected chi connectivity index (χ2v) is 4.55. The Morgan fingerprint density at radius 1 is 1.30 bits per heavy atom. The van der Waals surface area contributed by atoms with Crippen LogP contribution in [0.25, 0.3) is 0 Å². The van der Waals surface area contributed by atoms with Crippen LogP contribution in [0.2, 0.25) is 0 Å². The third-order valence-corrected chi connectivity index (χ3v) is 2.98. The fourth-order valence-corrected chi connectivity index (χ4v) is 1.79. The van der Waals surface area contributed by atoms with Crippen LogP contribution < -0.4 is 10.9 Å². The molecule has 1 aromatic carbocycles. The van der Waals surface area contributed by atoms with E-state index in [-0.39, 0.29) is 12.1 Å². The average molecular weight is 272 g/mol. The lowest BCUT2D eigenvalue weighted by molar-refractivity contribution is 0.0915. The van der Waals surface area contributed by atoms with Crippen LogP contribution in [0, 0.1) is 6.92 Å². The van der Waals surface area contributed by atoms with Crippen molar-refractivity contribution in [3.63, 3.8) is 0 Å².